The van der Waals surface area contributed by atoms with Gasteiger partial charge in [-0.05, 0) is 48.8 Å². The van der Waals surface area contributed by atoms with E-state index < -0.39 is 0 Å². The second-order valence-electron chi connectivity index (χ2n) is 6.30. The first-order valence-electron chi connectivity index (χ1n) is 8.39. The zero-order chi connectivity index (χ0) is 14.3. The minimum atomic E-state index is 0.233. The van der Waals surface area contributed by atoms with Crippen LogP contribution in [0.5, 0.6) is 0 Å². The molecule has 0 radical (unpaired) electrons. The van der Waals surface area contributed by atoms with Crippen molar-refractivity contribution in [1.29, 1.82) is 0 Å². The highest BCUT2D eigenvalue weighted by atomic mass is 16.5. The Kier molecular flexibility index (Phi) is 5.34. The minimum absolute atomic E-state index is 0.233. The van der Waals surface area contributed by atoms with E-state index in [4.69, 9.17) is 9.47 Å². The summed E-state index contributed by atoms with van der Waals surface area (Å²) in [6.07, 6.45) is 13.2. The number of hydrogen-bond acceptors (Lipinski definition) is 2. The summed E-state index contributed by atoms with van der Waals surface area (Å²) < 4.78 is 11.3. The fraction of sp³-hybridized carbons (Fsp3) is 0.579. The summed E-state index contributed by atoms with van der Waals surface area (Å²) in [6, 6.07) is 9.06. The quantitative estimate of drug-likeness (QED) is 0.763. The van der Waals surface area contributed by atoms with Crippen molar-refractivity contribution in [3.8, 4) is 0 Å². The van der Waals surface area contributed by atoms with Crippen molar-refractivity contribution in [3.05, 3.63) is 47.7 Å². The monoisotopic (exact) mass is 286 g/mol. The molecule has 0 N–H and O–H groups in total. The molecule has 0 spiro atoms. The maximum atomic E-state index is 5.79. The summed E-state index contributed by atoms with van der Waals surface area (Å²) >= 11 is 0. The van der Waals surface area contributed by atoms with Gasteiger partial charge in [0.05, 0.1) is 19.5 Å². The van der Waals surface area contributed by atoms with E-state index in [-0.39, 0.29) is 6.10 Å². The third-order valence-electron chi connectivity index (χ3n) is 4.65. The molecule has 1 aromatic rings. The lowest BCUT2D eigenvalue weighted by Gasteiger charge is -2.22. The molecule has 0 amide bonds. The highest BCUT2D eigenvalue weighted by Crippen LogP contribution is 2.32. The lowest BCUT2D eigenvalue weighted by Crippen LogP contribution is -2.19. The van der Waals surface area contributed by atoms with E-state index in [2.05, 4.69) is 30.3 Å². The normalized spacial score (nSPS) is 23.0. The van der Waals surface area contributed by atoms with Crippen molar-refractivity contribution in [2.24, 2.45) is 0 Å². The highest BCUT2D eigenvalue weighted by Gasteiger charge is 2.15. The van der Waals surface area contributed by atoms with Gasteiger partial charge in [-0.25, -0.2) is 0 Å². The average Bonchev–Trinajstić information content (AvgIpc) is 2.57. The van der Waals surface area contributed by atoms with Crippen LogP contribution in [0.15, 0.2) is 36.6 Å². The second kappa shape index (κ2) is 7.65. The van der Waals surface area contributed by atoms with Crippen LogP contribution in [0.1, 0.15) is 62.0 Å². The van der Waals surface area contributed by atoms with Crippen LogP contribution in [0.25, 0.3) is 0 Å². The smallest absolute Gasteiger partial charge is 0.121 e. The van der Waals surface area contributed by atoms with Crippen molar-refractivity contribution in [2.75, 3.05) is 6.61 Å². The topological polar surface area (TPSA) is 18.5 Å². The summed E-state index contributed by atoms with van der Waals surface area (Å²) in [5.41, 5.74) is 2.78. The molecular weight excluding hydrogens is 260 g/mol. The van der Waals surface area contributed by atoms with E-state index >= 15 is 0 Å². The molecule has 2 aliphatic rings. The first-order chi connectivity index (χ1) is 10.4. The molecule has 0 saturated heterocycles. The Labute approximate surface area is 128 Å². The van der Waals surface area contributed by atoms with Crippen LogP contribution in [-0.2, 0) is 16.1 Å². The molecule has 1 aliphatic carbocycles. The van der Waals surface area contributed by atoms with Gasteiger partial charge >= 0.3 is 0 Å². The van der Waals surface area contributed by atoms with Gasteiger partial charge in [0.15, 0.2) is 0 Å². The first-order valence-corrected chi connectivity index (χ1v) is 8.39. The first kappa shape index (κ1) is 14.6. The molecular formula is C19H26O2. The lowest BCUT2D eigenvalue weighted by atomic mass is 9.84. The average molecular weight is 286 g/mol. The number of benzene rings is 1. The minimum Gasteiger partial charge on any atom is -0.496 e. The lowest BCUT2D eigenvalue weighted by molar-refractivity contribution is 0.0109. The molecule has 3 rings (SSSR count). The highest BCUT2D eigenvalue weighted by molar-refractivity contribution is 5.25. The van der Waals surface area contributed by atoms with E-state index in [1.54, 1.807) is 6.26 Å². The van der Waals surface area contributed by atoms with Crippen LogP contribution in [0.2, 0.25) is 0 Å². The van der Waals surface area contributed by atoms with Crippen molar-refractivity contribution in [1.82, 2.24) is 0 Å². The summed E-state index contributed by atoms with van der Waals surface area (Å²) in [7, 11) is 0. The summed E-state index contributed by atoms with van der Waals surface area (Å²) in [5, 5.41) is 0. The fourth-order valence-electron chi connectivity index (χ4n) is 3.34. The van der Waals surface area contributed by atoms with Gasteiger partial charge in [0.1, 0.15) is 6.10 Å². The molecule has 0 aromatic heterocycles. The van der Waals surface area contributed by atoms with Crippen LogP contribution in [0.3, 0.4) is 0 Å². The third kappa shape index (κ3) is 4.34. The Morgan fingerprint density at radius 1 is 1.00 bits per heavy atom. The predicted molar refractivity (Wildman–Crippen MR) is 85.2 cm³/mol. The zero-order valence-electron chi connectivity index (χ0n) is 12.8. The van der Waals surface area contributed by atoms with Crippen molar-refractivity contribution in [3.63, 3.8) is 0 Å². The molecule has 1 unspecified atom stereocenters. The predicted octanol–water partition coefficient (Wildman–Crippen LogP) is 4.94. The van der Waals surface area contributed by atoms with Crippen LogP contribution in [0, 0.1) is 0 Å². The standard InChI is InChI=1S/C19H26O2/c1-2-6-17(7-3-1)18-11-9-16(10-12-18)14-20-15-19-8-4-5-13-21-19/h5,9-13,17,19H,1-4,6-8,14-15H2. The molecule has 0 bridgehead atoms. The van der Waals surface area contributed by atoms with Crippen LogP contribution >= 0.6 is 0 Å². The van der Waals surface area contributed by atoms with Crippen molar-refractivity contribution >= 4 is 0 Å². The third-order valence-corrected chi connectivity index (χ3v) is 4.65. The molecule has 1 aliphatic heterocycles. The van der Waals surface area contributed by atoms with Gasteiger partial charge < -0.3 is 9.47 Å². The Morgan fingerprint density at radius 2 is 1.81 bits per heavy atom. The largest absolute Gasteiger partial charge is 0.496 e. The molecule has 1 atom stereocenters. The van der Waals surface area contributed by atoms with Gasteiger partial charge in [0, 0.05) is 0 Å². The van der Waals surface area contributed by atoms with Crippen molar-refractivity contribution < 1.29 is 9.47 Å². The number of ether oxygens (including phenoxy) is 2. The Bertz CT molecular complexity index is 443. The van der Waals surface area contributed by atoms with E-state index in [0.717, 1.165) is 18.8 Å². The van der Waals surface area contributed by atoms with Crippen molar-refractivity contribution in [2.45, 2.75) is 63.6 Å². The van der Waals surface area contributed by atoms with Gasteiger partial charge in [0.25, 0.3) is 0 Å². The summed E-state index contributed by atoms with van der Waals surface area (Å²) in [6.45, 7) is 1.38. The molecule has 1 aromatic carbocycles. The number of rotatable bonds is 5. The number of allylic oxidation sites excluding steroid dienone is 1. The van der Waals surface area contributed by atoms with Gasteiger partial charge in [-0.2, -0.15) is 0 Å². The van der Waals surface area contributed by atoms with Gasteiger partial charge in [-0.15, -0.1) is 0 Å². The summed E-state index contributed by atoms with van der Waals surface area (Å²) in [5.74, 6) is 0.788. The van der Waals surface area contributed by atoms with Crippen LogP contribution in [-0.4, -0.2) is 12.7 Å². The second-order valence-corrected chi connectivity index (χ2v) is 6.30. The molecule has 2 heteroatoms. The van der Waals surface area contributed by atoms with Gasteiger partial charge in [0.2, 0.25) is 0 Å². The zero-order valence-corrected chi connectivity index (χ0v) is 12.8. The maximum Gasteiger partial charge on any atom is 0.121 e. The van der Waals surface area contributed by atoms with E-state index in [1.165, 1.54) is 43.2 Å². The number of hydrogen-bond donors (Lipinski definition) is 0. The van der Waals surface area contributed by atoms with E-state index in [9.17, 15) is 0 Å². The molecule has 2 nitrogen and oxygen atoms in total. The molecule has 1 saturated carbocycles. The van der Waals surface area contributed by atoms with E-state index in [0.29, 0.717) is 13.2 Å². The molecule has 1 fully saturated rings. The molecule has 21 heavy (non-hydrogen) atoms. The van der Waals surface area contributed by atoms with Crippen LogP contribution in [0.4, 0.5) is 0 Å². The Morgan fingerprint density at radius 3 is 2.52 bits per heavy atom. The maximum absolute atomic E-state index is 5.79. The summed E-state index contributed by atoms with van der Waals surface area (Å²) in [4.78, 5) is 0. The van der Waals surface area contributed by atoms with Gasteiger partial charge in [-0.3, -0.25) is 0 Å². The SMILES string of the molecule is C1=COC(COCc2ccc(C3CCCCC3)cc2)CC1. The molecule has 114 valence electrons. The van der Waals surface area contributed by atoms with E-state index in [1.807, 2.05) is 0 Å². The fourth-order valence-corrected chi connectivity index (χ4v) is 3.34. The Balaban J connectivity index is 1.44. The van der Waals surface area contributed by atoms with Crippen LogP contribution < -0.4 is 0 Å². The Hall–Kier alpha value is -1.28. The van der Waals surface area contributed by atoms with Gasteiger partial charge in [-0.1, -0.05) is 43.5 Å². The molecule has 1 heterocycles.